The van der Waals surface area contributed by atoms with E-state index in [2.05, 4.69) is 9.98 Å². The van der Waals surface area contributed by atoms with Crippen LogP contribution in [0.25, 0.3) is 0 Å². The molecule has 0 radical (unpaired) electrons. The van der Waals surface area contributed by atoms with E-state index in [-0.39, 0.29) is 12.4 Å². The first kappa shape index (κ1) is 12.2. The van der Waals surface area contributed by atoms with E-state index in [0.29, 0.717) is 11.5 Å². The van der Waals surface area contributed by atoms with Crippen LogP contribution < -0.4 is 0 Å². The van der Waals surface area contributed by atoms with Gasteiger partial charge < -0.3 is 9.15 Å². The molecule has 0 N–H and O–H groups in total. The van der Waals surface area contributed by atoms with Crippen LogP contribution in [0.5, 0.6) is 0 Å². The molecule has 2 heterocycles. The Kier molecular flexibility index (Phi) is 3.36. The van der Waals surface area contributed by atoms with Crippen LogP contribution in [-0.2, 0) is 14.3 Å². The van der Waals surface area contributed by atoms with Crippen molar-refractivity contribution in [1.82, 2.24) is 0 Å². The van der Waals surface area contributed by atoms with Crippen molar-refractivity contribution in [3.8, 4) is 0 Å². The van der Waals surface area contributed by atoms with E-state index in [1.807, 2.05) is 0 Å². The Balaban J connectivity index is 2.27. The molecule has 1 aromatic rings. The third-order valence-electron chi connectivity index (χ3n) is 2.43. The summed E-state index contributed by atoms with van der Waals surface area (Å²) < 4.78 is 9.92. The molecule has 1 atom stereocenters. The molecular weight excluding hydrogens is 236 g/mol. The predicted octanol–water partition coefficient (Wildman–Crippen LogP) is 1.21. The number of carbonyl (C=O) groups excluding carboxylic acids is 2. The maximum absolute atomic E-state index is 11.8. The van der Waals surface area contributed by atoms with Gasteiger partial charge in [0.2, 0.25) is 0 Å². The highest BCUT2D eigenvalue weighted by Crippen LogP contribution is 2.15. The van der Waals surface area contributed by atoms with Crippen LogP contribution in [0.15, 0.2) is 32.8 Å². The van der Waals surface area contributed by atoms with Crippen molar-refractivity contribution in [3.63, 3.8) is 0 Å². The van der Waals surface area contributed by atoms with Crippen molar-refractivity contribution < 1.29 is 18.7 Å². The highest BCUT2D eigenvalue weighted by Gasteiger charge is 2.34. The molecule has 1 aliphatic rings. The first-order chi connectivity index (χ1) is 8.63. The number of nitrogens with zero attached hydrogens (tertiary/aromatic N) is 2. The number of amidine groups is 1. The van der Waals surface area contributed by atoms with Gasteiger partial charge in [-0.05, 0) is 26.0 Å². The zero-order valence-corrected chi connectivity index (χ0v) is 10.0. The molecule has 1 aromatic heterocycles. The second-order valence-electron chi connectivity index (χ2n) is 3.69. The van der Waals surface area contributed by atoms with E-state index >= 15 is 0 Å². The van der Waals surface area contributed by atoms with Gasteiger partial charge in [0, 0.05) is 5.71 Å². The SMILES string of the molecule is CCOC(=O)C1C(=O)N=C(c2ccco2)N=C1C. The van der Waals surface area contributed by atoms with Gasteiger partial charge in [0.1, 0.15) is 0 Å². The zero-order chi connectivity index (χ0) is 13.1. The molecule has 0 saturated heterocycles. The molecule has 6 heteroatoms. The average Bonchev–Trinajstić information content (AvgIpc) is 2.81. The van der Waals surface area contributed by atoms with Crippen LogP contribution in [-0.4, -0.2) is 30.0 Å². The van der Waals surface area contributed by atoms with Gasteiger partial charge in [-0.1, -0.05) is 0 Å². The molecule has 94 valence electrons. The van der Waals surface area contributed by atoms with Gasteiger partial charge >= 0.3 is 5.97 Å². The lowest BCUT2D eigenvalue weighted by molar-refractivity contribution is -0.148. The highest BCUT2D eigenvalue weighted by molar-refractivity contribution is 6.26. The van der Waals surface area contributed by atoms with Crippen molar-refractivity contribution >= 4 is 23.4 Å². The van der Waals surface area contributed by atoms with E-state index in [0.717, 1.165) is 0 Å². The lowest BCUT2D eigenvalue weighted by atomic mass is 10.0. The molecule has 0 spiro atoms. The van der Waals surface area contributed by atoms with Gasteiger partial charge in [-0.2, -0.15) is 4.99 Å². The molecule has 0 bridgehead atoms. The Bertz CT molecular complexity index is 528. The Morgan fingerprint density at radius 1 is 1.50 bits per heavy atom. The summed E-state index contributed by atoms with van der Waals surface area (Å²) in [5, 5.41) is 0. The molecule has 1 aliphatic heterocycles. The summed E-state index contributed by atoms with van der Waals surface area (Å²) in [7, 11) is 0. The number of rotatable bonds is 3. The molecule has 18 heavy (non-hydrogen) atoms. The molecular formula is C12H12N2O4. The van der Waals surface area contributed by atoms with Crippen molar-refractivity contribution in [2.75, 3.05) is 6.61 Å². The van der Waals surface area contributed by atoms with Crippen LogP contribution in [0.1, 0.15) is 19.6 Å². The molecule has 6 nitrogen and oxygen atoms in total. The molecule has 0 aromatic carbocycles. The van der Waals surface area contributed by atoms with Gasteiger partial charge in [-0.3, -0.25) is 9.59 Å². The number of hydrogen-bond donors (Lipinski definition) is 0. The summed E-state index contributed by atoms with van der Waals surface area (Å²) in [5.74, 6) is -1.66. The first-order valence-electron chi connectivity index (χ1n) is 5.51. The Morgan fingerprint density at radius 2 is 2.28 bits per heavy atom. The van der Waals surface area contributed by atoms with Crippen LogP contribution in [0.4, 0.5) is 0 Å². The monoisotopic (exact) mass is 248 g/mol. The summed E-state index contributed by atoms with van der Waals surface area (Å²) in [6.07, 6.45) is 1.46. The zero-order valence-electron chi connectivity index (χ0n) is 10.0. The number of hydrogen-bond acceptors (Lipinski definition) is 5. The van der Waals surface area contributed by atoms with Crippen LogP contribution in [0.2, 0.25) is 0 Å². The van der Waals surface area contributed by atoms with E-state index in [4.69, 9.17) is 9.15 Å². The van der Waals surface area contributed by atoms with Crippen LogP contribution in [0, 0.1) is 5.92 Å². The lowest BCUT2D eigenvalue weighted by Crippen LogP contribution is -2.34. The maximum atomic E-state index is 11.8. The van der Waals surface area contributed by atoms with Gasteiger partial charge in [0.25, 0.3) is 5.91 Å². The minimum atomic E-state index is -1.04. The topological polar surface area (TPSA) is 81.2 Å². The smallest absolute Gasteiger partial charge is 0.324 e. The van der Waals surface area contributed by atoms with E-state index < -0.39 is 17.8 Å². The minimum absolute atomic E-state index is 0.183. The molecule has 0 saturated carbocycles. The molecule has 0 fully saturated rings. The third-order valence-corrected chi connectivity index (χ3v) is 2.43. The van der Waals surface area contributed by atoms with Crippen molar-refractivity contribution in [3.05, 3.63) is 24.2 Å². The number of esters is 1. The van der Waals surface area contributed by atoms with Gasteiger partial charge in [-0.25, -0.2) is 4.99 Å². The number of aliphatic imine (C=N–C) groups is 2. The summed E-state index contributed by atoms with van der Waals surface area (Å²) in [6.45, 7) is 3.48. The largest absolute Gasteiger partial charge is 0.465 e. The number of ether oxygens (including phenoxy) is 1. The fourth-order valence-electron chi connectivity index (χ4n) is 1.62. The van der Waals surface area contributed by atoms with Crippen LogP contribution >= 0.6 is 0 Å². The predicted molar refractivity (Wildman–Crippen MR) is 63.5 cm³/mol. The third kappa shape index (κ3) is 2.22. The summed E-state index contributed by atoms with van der Waals surface area (Å²) in [5.41, 5.74) is 0.361. The van der Waals surface area contributed by atoms with Crippen molar-refractivity contribution in [2.24, 2.45) is 15.9 Å². The normalized spacial score (nSPS) is 19.2. The molecule has 0 aliphatic carbocycles. The average molecular weight is 248 g/mol. The van der Waals surface area contributed by atoms with Gasteiger partial charge in [-0.15, -0.1) is 0 Å². The van der Waals surface area contributed by atoms with E-state index in [9.17, 15) is 9.59 Å². The van der Waals surface area contributed by atoms with E-state index in [1.54, 1.807) is 26.0 Å². The van der Waals surface area contributed by atoms with E-state index in [1.165, 1.54) is 6.26 Å². The number of carbonyl (C=O) groups is 2. The molecule has 2 rings (SSSR count). The maximum Gasteiger partial charge on any atom is 0.324 e. The quantitative estimate of drug-likeness (QED) is 0.594. The summed E-state index contributed by atoms with van der Waals surface area (Å²) in [6, 6.07) is 3.32. The van der Waals surface area contributed by atoms with Gasteiger partial charge in [0.05, 0.1) is 12.9 Å². The molecule has 1 amide bonds. The minimum Gasteiger partial charge on any atom is -0.465 e. The Labute approximate surface area is 103 Å². The molecule has 1 unspecified atom stereocenters. The highest BCUT2D eigenvalue weighted by atomic mass is 16.5. The summed E-state index contributed by atoms with van der Waals surface area (Å²) in [4.78, 5) is 31.3. The second kappa shape index (κ2) is 4.95. The standard InChI is InChI=1S/C12H12N2O4/c1-3-17-12(16)9-7(2)13-10(14-11(9)15)8-5-4-6-18-8/h4-6,9H,3H2,1-2H3. The number of amides is 1. The first-order valence-corrected chi connectivity index (χ1v) is 5.51. The Hall–Kier alpha value is -2.24. The Morgan fingerprint density at radius 3 is 2.83 bits per heavy atom. The second-order valence-corrected chi connectivity index (χ2v) is 3.69. The fraction of sp³-hybridized carbons (Fsp3) is 0.333. The van der Waals surface area contributed by atoms with Crippen molar-refractivity contribution in [1.29, 1.82) is 0 Å². The van der Waals surface area contributed by atoms with Crippen molar-refractivity contribution in [2.45, 2.75) is 13.8 Å². The summed E-state index contributed by atoms with van der Waals surface area (Å²) >= 11 is 0. The fourth-order valence-corrected chi connectivity index (χ4v) is 1.62. The lowest BCUT2D eigenvalue weighted by Gasteiger charge is -2.15. The van der Waals surface area contributed by atoms with Gasteiger partial charge in [0.15, 0.2) is 17.5 Å². The van der Waals surface area contributed by atoms with Crippen LogP contribution in [0.3, 0.4) is 0 Å². The number of furan rings is 1.